The van der Waals surface area contributed by atoms with E-state index in [4.69, 9.17) is 9.47 Å². The zero-order valence-corrected chi connectivity index (χ0v) is 16.2. The van der Waals surface area contributed by atoms with E-state index in [1.807, 2.05) is 0 Å². The number of methoxy groups -OCH3 is 2. The Kier molecular flexibility index (Phi) is 7.91. The second-order valence-electron chi connectivity index (χ2n) is 6.25. The molecule has 1 aliphatic rings. The van der Waals surface area contributed by atoms with Gasteiger partial charge in [0.25, 0.3) is 5.91 Å². The summed E-state index contributed by atoms with van der Waals surface area (Å²) in [5.74, 6) is 1.10. The number of nitrogens with one attached hydrogen (secondary N) is 2. The minimum Gasteiger partial charge on any atom is -0.497 e. The van der Waals surface area contributed by atoms with Gasteiger partial charge in [-0.15, -0.1) is 0 Å². The molecular weight excluding hydrogens is 348 g/mol. The molecule has 2 N–H and O–H groups in total. The Bertz CT molecular complexity index is 669. The van der Waals surface area contributed by atoms with Gasteiger partial charge in [0.2, 0.25) is 0 Å². The number of carbonyl (C=O) groups is 2. The van der Waals surface area contributed by atoms with Crippen LogP contribution in [0.15, 0.2) is 29.3 Å². The number of rotatable bonds is 6. The highest BCUT2D eigenvalue weighted by Gasteiger charge is 2.26. The summed E-state index contributed by atoms with van der Waals surface area (Å²) < 4.78 is 9.94. The Hall–Kier alpha value is -2.77. The zero-order chi connectivity index (χ0) is 19.6. The fourth-order valence-electron chi connectivity index (χ4n) is 3.04. The normalized spacial score (nSPS) is 15.2. The van der Waals surface area contributed by atoms with E-state index in [0.717, 1.165) is 31.9 Å². The molecule has 148 valence electrons. The predicted molar refractivity (Wildman–Crippen MR) is 103 cm³/mol. The third kappa shape index (κ3) is 5.87. The van der Waals surface area contributed by atoms with Crippen molar-refractivity contribution in [1.82, 2.24) is 15.5 Å². The molecule has 8 heteroatoms. The molecule has 1 fully saturated rings. The second-order valence-corrected chi connectivity index (χ2v) is 6.25. The fraction of sp³-hybridized carbons (Fsp3) is 0.526. The summed E-state index contributed by atoms with van der Waals surface area (Å²) in [7, 11) is 4.72. The van der Waals surface area contributed by atoms with E-state index >= 15 is 0 Å². The first-order valence-electron chi connectivity index (χ1n) is 9.04. The number of carbonyl (C=O) groups excluding carboxylic acids is 2. The number of aliphatic imine (C=N–C) groups is 1. The molecule has 0 atom stereocenters. The highest BCUT2D eigenvalue weighted by atomic mass is 16.5. The standard InChI is InChI=1S/C19H28N4O4/c1-20-19(23-11-7-14(8-12-23)18(25)27-3)22-10-9-21-17(24)15-5-4-6-16(13-15)26-2/h4-6,13-14H,7-12H2,1-3H3,(H,20,22)(H,21,24). The van der Waals surface area contributed by atoms with E-state index in [0.29, 0.717) is 24.4 Å². The summed E-state index contributed by atoms with van der Waals surface area (Å²) >= 11 is 0. The number of amides is 1. The molecule has 1 heterocycles. The number of hydrogen-bond donors (Lipinski definition) is 2. The highest BCUT2D eigenvalue weighted by molar-refractivity contribution is 5.94. The molecule has 1 aromatic rings. The van der Waals surface area contributed by atoms with Crippen molar-refractivity contribution in [3.05, 3.63) is 29.8 Å². The number of esters is 1. The van der Waals surface area contributed by atoms with Crippen LogP contribution in [0.1, 0.15) is 23.2 Å². The molecule has 1 aliphatic heterocycles. The first-order chi connectivity index (χ1) is 13.1. The van der Waals surface area contributed by atoms with E-state index < -0.39 is 0 Å². The van der Waals surface area contributed by atoms with Gasteiger partial charge in [0.1, 0.15) is 5.75 Å². The molecule has 8 nitrogen and oxygen atoms in total. The van der Waals surface area contributed by atoms with Crippen molar-refractivity contribution in [2.24, 2.45) is 10.9 Å². The third-order valence-corrected chi connectivity index (χ3v) is 4.57. The van der Waals surface area contributed by atoms with Crippen LogP contribution >= 0.6 is 0 Å². The van der Waals surface area contributed by atoms with Gasteiger partial charge in [-0.1, -0.05) is 6.07 Å². The molecule has 0 aliphatic carbocycles. The van der Waals surface area contributed by atoms with Crippen LogP contribution in [0.4, 0.5) is 0 Å². The van der Waals surface area contributed by atoms with E-state index in [1.54, 1.807) is 38.4 Å². The number of guanidine groups is 1. The summed E-state index contributed by atoms with van der Waals surface area (Å²) in [5, 5.41) is 6.12. The van der Waals surface area contributed by atoms with Gasteiger partial charge in [-0.05, 0) is 31.0 Å². The number of ether oxygens (including phenoxy) is 2. The van der Waals surface area contributed by atoms with Crippen LogP contribution in [-0.2, 0) is 9.53 Å². The van der Waals surface area contributed by atoms with E-state index in [9.17, 15) is 9.59 Å². The van der Waals surface area contributed by atoms with Gasteiger partial charge >= 0.3 is 5.97 Å². The molecule has 0 unspecified atom stereocenters. The lowest BCUT2D eigenvalue weighted by Gasteiger charge is -2.33. The average molecular weight is 376 g/mol. The molecule has 1 aromatic carbocycles. The van der Waals surface area contributed by atoms with Gasteiger partial charge < -0.3 is 25.0 Å². The van der Waals surface area contributed by atoms with E-state index in [2.05, 4.69) is 20.5 Å². The second kappa shape index (κ2) is 10.4. The topological polar surface area (TPSA) is 92.3 Å². The van der Waals surface area contributed by atoms with Gasteiger partial charge in [-0.25, -0.2) is 0 Å². The van der Waals surface area contributed by atoms with Crippen molar-refractivity contribution in [3.8, 4) is 5.75 Å². The Morgan fingerprint density at radius 1 is 1.19 bits per heavy atom. The molecule has 0 spiro atoms. The van der Waals surface area contributed by atoms with Crippen LogP contribution in [0.2, 0.25) is 0 Å². The zero-order valence-electron chi connectivity index (χ0n) is 16.2. The lowest BCUT2D eigenvalue weighted by Crippen LogP contribution is -2.48. The molecule has 0 aromatic heterocycles. The minimum atomic E-state index is -0.149. The molecule has 1 amide bonds. The third-order valence-electron chi connectivity index (χ3n) is 4.57. The van der Waals surface area contributed by atoms with Crippen LogP contribution < -0.4 is 15.4 Å². The maximum atomic E-state index is 12.2. The Labute approximate surface area is 159 Å². The monoisotopic (exact) mass is 376 g/mol. The lowest BCUT2D eigenvalue weighted by atomic mass is 9.97. The number of likely N-dealkylation sites (tertiary alicyclic amines) is 1. The van der Waals surface area contributed by atoms with E-state index in [-0.39, 0.29) is 17.8 Å². The lowest BCUT2D eigenvalue weighted by molar-refractivity contribution is -0.146. The molecular formula is C19H28N4O4. The molecule has 2 rings (SSSR count). The van der Waals surface area contributed by atoms with Crippen molar-refractivity contribution in [2.45, 2.75) is 12.8 Å². The van der Waals surface area contributed by atoms with Crippen molar-refractivity contribution in [2.75, 3.05) is 47.4 Å². The van der Waals surface area contributed by atoms with Crippen LogP contribution in [0.3, 0.4) is 0 Å². The van der Waals surface area contributed by atoms with Crippen molar-refractivity contribution in [3.63, 3.8) is 0 Å². The van der Waals surface area contributed by atoms with Crippen molar-refractivity contribution in [1.29, 1.82) is 0 Å². The number of nitrogens with zero attached hydrogens (tertiary/aromatic N) is 2. The van der Waals surface area contributed by atoms with Gasteiger partial charge in [-0.3, -0.25) is 14.6 Å². The quantitative estimate of drug-likeness (QED) is 0.332. The summed E-state index contributed by atoms with van der Waals surface area (Å²) in [4.78, 5) is 30.2. The van der Waals surface area contributed by atoms with E-state index in [1.165, 1.54) is 7.11 Å². The van der Waals surface area contributed by atoms with Gasteiger partial charge in [-0.2, -0.15) is 0 Å². The summed E-state index contributed by atoms with van der Waals surface area (Å²) in [5.41, 5.74) is 0.559. The molecule has 0 saturated carbocycles. The van der Waals surface area contributed by atoms with Gasteiger partial charge in [0.05, 0.1) is 20.1 Å². The van der Waals surface area contributed by atoms with Gasteiger partial charge in [0.15, 0.2) is 5.96 Å². The Morgan fingerprint density at radius 2 is 1.89 bits per heavy atom. The molecule has 1 saturated heterocycles. The van der Waals surface area contributed by atoms with Gasteiger partial charge in [0, 0.05) is 38.8 Å². The van der Waals surface area contributed by atoms with Crippen LogP contribution in [0, 0.1) is 5.92 Å². The largest absolute Gasteiger partial charge is 0.497 e. The van der Waals surface area contributed by atoms with Crippen molar-refractivity contribution >= 4 is 17.8 Å². The summed E-state index contributed by atoms with van der Waals surface area (Å²) in [6.45, 7) is 2.51. The fourth-order valence-corrected chi connectivity index (χ4v) is 3.04. The maximum Gasteiger partial charge on any atom is 0.308 e. The molecule has 0 radical (unpaired) electrons. The highest BCUT2D eigenvalue weighted by Crippen LogP contribution is 2.18. The van der Waals surface area contributed by atoms with Crippen molar-refractivity contribution < 1.29 is 19.1 Å². The number of hydrogen-bond acceptors (Lipinski definition) is 5. The number of piperidine rings is 1. The molecule has 27 heavy (non-hydrogen) atoms. The first kappa shape index (κ1) is 20.5. The SMILES string of the molecule is CN=C(NCCNC(=O)c1cccc(OC)c1)N1CCC(C(=O)OC)CC1. The molecule has 0 bridgehead atoms. The minimum absolute atomic E-state index is 0.0356. The number of benzene rings is 1. The maximum absolute atomic E-state index is 12.2. The van der Waals surface area contributed by atoms with Crippen LogP contribution in [0.25, 0.3) is 0 Å². The smallest absolute Gasteiger partial charge is 0.308 e. The first-order valence-corrected chi connectivity index (χ1v) is 9.04. The Balaban J connectivity index is 1.73. The Morgan fingerprint density at radius 3 is 2.52 bits per heavy atom. The van der Waals surface area contributed by atoms with Crippen LogP contribution in [0.5, 0.6) is 5.75 Å². The summed E-state index contributed by atoms with van der Waals surface area (Å²) in [6.07, 6.45) is 1.50. The average Bonchev–Trinajstić information content (AvgIpc) is 2.73. The van der Waals surface area contributed by atoms with Crippen LogP contribution in [-0.4, -0.2) is 70.2 Å². The predicted octanol–water partition coefficient (Wildman–Crippen LogP) is 0.885. The summed E-state index contributed by atoms with van der Waals surface area (Å²) in [6, 6.07) is 7.03.